The second-order valence-corrected chi connectivity index (χ2v) is 7.48. The Morgan fingerprint density at radius 1 is 1.07 bits per heavy atom. The summed E-state index contributed by atoms with van der Waals surface area (Å²) >= 11 is 1.57. The van der Waals surface area contributed by atoms with Crippen LogP contribution >= 0.6 is 11.3 Å². The Bertz CT molecular complexity index is 1140. The van der Waals surface area contributed by atoms with Crippen molar-refractivity contribution in [2.45, 2.75) is 6.42 Å². The van der Waals surface area contributed by atoms with Gasteiger partial charge in [0.1, 0.15) is 0 Å². The fourth-order valence-electron chi connectivity index (χ4n) is 3.08. The van der Waals surface area contributed by atoms with E-state index in [9.17, 15) is 4.79 Å². The summed E-state index contributed by atoms with van der Waals surface area (Å²) in [5, 5.41) is 13.2. The van der Waals surface area contributed by atoms with Crippen molar-refractivity contribution in [3.05, 3.63) is 71.1 Å². The Hall–Kier alpha value is -3.65. The molecule has 2 heterocycles. The molecule has 0 atom stereocenters. The Kier molecular flexibility index (Phi) is 5.76. The Morgan fingerprint density at radius 3 is 2.57 bits per heavy atom. The topological polar surface area (TPSA) is 78.3 Å². The molecule has 0 aliphatic heterocycles. The third kappa shape index (κ3) is 4.18. The van der Waals surface area contributed by atoms with Crippen LogP contribution in [0.15, 0.2) is 66.2 Å². The maximum absolute atomic E-state index is 12.2. The first-order chi connectivity index (χ1) is 14.7. The number of methoxy groups -OCH3 is 2. The summed E-state index contributed by atoms with van der Waals surface area (Å²) in [6, 6.07) is 17.0. The van der Waals surface area contributed by atoms with Crippen molar-refractivity contribution in [1.29, 1.82) is 0 Å². The molecular weight excluding hydrogens is 400 g/mol. The molecule has 0 aliphatic rings. The number of thiophene rings is 1. The molecule has 2 aromatic heterocycles. The van der Waals surface area contributed by atoms with Crippen LogP contribution in [0.2, 0.25) is 0 Å². The van der Waals surface area contributed by atoms with E-state index >= 15 is 0 Å². The lowest BCUT2D eigenvalue weighted by Gasteiger charge is -2.11. The molecule has 1 amide bonds. The van der Waals surface area contributed by atoms with Gasteiger partial charge in [-0.25, -0.2) is 4.68 Å². The van der Waals surface area contributed by atoms with E-state index in [0.29, 0.717) is 17.9 Å². The average Bonchev–Trinajstić information content (AvgIpc) is 3.46. The highest BCUT2D eigenvalue weighted by Crippen LogP contribution is 2.32. The number of nitrogens with zero attached hydrogens (tertiary/aromatic N) is 3. The van der Waals surface area contributed by atoms with Gasteiger partial charge in [0.25, 0.3) is 0 Å². The maximum Gasteiger partial charge on any atom is 0.229 e. The van der Waals surface area contributed by atoms with Crippen LogP contribution in [0.3, 0.4) is 0 Å². The number of ether oxygens (including phenoxy) is 2. The number of carbonyl (C=O) groups excluding carboxylic acids is 1. The van der Waals surface area contributed by atoms with Crippen LogP contribution in [0.25, 0.3) is 16.9 Å². The van der Waals surface area contributed by atoms with E-state index in [4.69, 9.17) is 9.47 Å². The first kappa shape index (κ1) is 19.7. The molecule has 0 aliphatic carbocycles. The third-order valence-electron chi connectivity index (χ3n) is 4.54. The van der Waals surface area contributed by atoms with Crippen molar-refractivity contribution in [3.63, 3.8) is 0 Å². The number of rotatable bonds is 7. The van der Waals surface area contributed by atoms with Crippen molar-refractivity contribution in [1.82, 2.24) is 15.0 Å². The summed E-state index contributed by atoms with van der Waals surface area (Å²) in [6.45, 7) is 0. The molecule has 0 radical (unpaired) electrons. The van der Waals surface area contributed by atoms with Gasteiger partial charge in [-0.1, -0.05) is 11.3 Å². The van der Waals surface area contributed by atoms with Crippen LogP contribution in [0.1, 0.15) is 4.88 Å². The maximum atomic E-state index is 12.2. The third-order valence-corrected chi connectivity index (χ3v) is 5.42. The predicted octanol–water partition coefficient (Wildman–Crippen LogP) is 4.19. The van der Waals surface area contributed by atoms with Gasteiger partial charge in [-0.15, -0.1) is 16.4 Å². The van der Waals surface area contributed by atoms with E-state index < -0.39 is 0 Å². The zero-order valence-corrected chi connectivity index (χ0v) is 17.3. The molecule has 0 spiro atoms. The molecule has 2 aromatic carbocycles. The highest BCUT2D eigenvalue weighted by atomic mass is 32.1. The van der Waals surface area contributed by atoms with Gasteiger partial charge in [0.2, 0.25) is 5.91 Å². The van der Waals surface area contributed by atoms with Gasteiger partial charge >= 0.3 is 0 Å². The average molecular weight is 420 g/mol. The standard InChI is InChI=1S/C22H20N4O3S/c1-28-20-10-5-15(12-21(20)29-2)19-14-23-25-26(19)17-8-6-16(7-9-17)24-22(27)13-18-4-3-11-30-18/h3-12,14H,13H2,1-2H3,(H,24,27). The Balaban J connectivity index is 1.53. The summed E-state index contributed by atoms with van der Waals surface area (Å²) in [6.07, 6.45) is 2.06. The summed E-state index contributed by atoms with van der Waals surface area (Å²) in [5.74, 6) is 1.24. The number of nitrogens with one attached hydrogen (secondary N) is 1. The van der Waals surface area contributed by atoms with Crippen molar-refractivity contribution in [3.8, 4) is 28.4 Å². The zero-order valence-electron chi connectivity index (χ0n) is 16.5. The molecule has 8 heteroatoms. The molecule has 1 N–H and O–H groups in total. The molecule has 0 fully saturated rings. The lowest BCUT2D eigenvalue weighted by Crippen LogP contribution is -2.13. The fourth-order valence-corrected chi connectivity index (χ4v) is 3.78. The molecule has 0 bridgehead atoms. The van der Waals surface area contributed by atoms with E-state index in [1.807, 2.05) is 60.0 Å². The first-order valence-corrected chi connectivity index (χ1v) is 10.1. The van der Waals surface area contributed by atoms with Crippen LogP contribution in [-0.2, 0) is 11.2 Å². The van der Waals surface area contributed by atoms with Crippen molar-refractivity contribution >= 4 is 22.9 Å². The summed E-state index contributed by atoms with van der Waals surface area (Å²) in [4.78, 5) is 13.2. The highest BCUT2D eigenvalue weighted by molar-refractivity contribution is 7.10. The van der Waals surface area contributed by atoms with Crippen LogP contribution in [0.5, 0.6) is 11.5 Å². The molecule has 0 saturated heterocycles. The van der Waals surface area contributed by atoms with E-state index in [2.05, 4.69) is 15.6 Å². The SMILES string of the molecule is COc1ccc(-c2cnnn2-c2ccc(NC(=O)Cc3cccs3)cc2)cc1OC. The Morgan fingerprint density at radius 2 is 1.87 bits per heavy atom. The molecule has 0 unspecified atom stereocenters. The van der Waals surface area contributed by atoms with Gasteiger partial charge in [0.15, 0.2) is 11.5 Å². The van der Waals surface area contributed by atoms with Gasteiger partial charge < -0.3 is 14.8 Å². The van der Waals surface area contributed by atoms with Crippen molar-refractivity contribution < 1.29 is 14.3 Å². The zero-order chi connectivity index (χ0) is 20.9. The smallest absolute Gasteiger partial charge is 0.229 e. The van der Waals surface area contributed by atoms with E-state index in [0.717, 1.165) is 27.5 Å². The minimum Gasteiger partial charge on any atom is -0.493 e. The van der Waals surface area contributed by atoms with E-state index in [1.54, 1.807) is 36.4 Å². The van der Waals surface area contributed by atoms with Gasteiger partial charge in [0, 0.05) is 16.1 Å². The van der Waals surface area contributed by atoms with Gasteiger partial charge in [0.05, 0.1) is 38.2 Å². The quantitative estimate of drug-likeness (QED) is 0.485. The molecular formula is C22H20N4O3S. The van der Waals surface area contributed by atoms with E-state index in [1.165, 1.54) is 0 Å². The number of hydrogen-bond acceptors (Lipinski definition) is 6. The predicted molar refractivity (Wildman–Crippen MR) is 117 cm³/mol. The second kappa shape index (κ2) is 8.79. The fraction of sp³-hybridized carbons (Fsp3) is 0.136. The lowest BCUT2D eigenvalue weighted by atomic mass is 10.1. The Labute approximate surface area is 177 Å². The number of carbonyl (C=O) groups is 1. The molecule has 152 valence electrons. The van der Waals surface area contributed by atoms with Crippen LogP contribution < -0.4 is 14.8 Å². The highest BCUT2D eigenvalue weighted by Gasteiger charge is 2.13. The summed E-state index contributed by atoms with van der Waals surface area (Å²) in [5.41, 5.74) is 3.26. The largest absolute Gasteiger partial charge is 0.493 e. The number of amides is 1. The second-order valence-electron chi connectivity index (χ2n) is 6.45. The van der Waals surface area contributed by atoms with Crippen molar-refractivity contribution in [2.75, 3.05) is 19.5 Å². The van der Waals surface area contributed by atoms with Crippen LogP contribution in [-0.4, -0.2) is 35.1 Å². The number of anilines is 1. The van der Waals surface area contributed by atoms with Crippen LogP contribution in [0, 0.1) is 0 Å². The van der Waals surface area contributed by atoms with Gasteiger partial charge in [-0.3, -0.25) is 4.79 Å². The minimum atomic E-state index is -0.0445. The number of hydrogen-bond donors (Lipinski definition) is 1. The van der Waals surface area contributed by atoms with Gasteiger partial charge in [-0.2, -0.15) is 0 Å². The number of benzene rings is 2. The number of aromatic nitrogens is 3. The van der Waals surface area contributed by atoms with Crippen LogP contribution in [0.4, 0.5) is 5.69 Å². The van der Waals surface area contributed by atoms with Crippen molar-refractivity contribution in [2.24, 2.45) is 0 Å². The summed E-state index contributed by atoms with van der Waals surface area (Å²) < 4.78 is 12.4. The van der Waals surface area contributed by atoms with Gasteiger partial charge in [-0.05, 0) is 53.9 Å². The molecule has 4 aromatic rings. The molecule has 0 saturated carbocycles. The molecule has 4 rings (SSSR count). The monoisotopic (exact) mass is 420 g/mol. The minimum absolute atomic E-state index is 0.0445. The van der Waals surface area contributed by atoms with E-state index in [-0.39, 0.29) is 5.91 Å². The summed E-state index contributed by atoms with van der Waals surface area (Å²) in [7, 11) is 3.20. The molecule has 7 nitrogen and oxygen atoms in total. The molecule has 30 heavy (non-hydrogen) atoms. The lowest BCUT2D eigenvalue weighted by molar-refractivity contribution is -0.115. The first-order valence-electron chi connectivity index (χ1n) is 9.23. The normalized spacial score (nSPS) is 10.6.